The molecule has 0 heterocycles. The third-order valence-corrected chi connectivity index (χ3v) is 3.05. The molecule has 2 aromatic carbocycles. The summed E-state index contributed by atoms with van der Waals surface area (Å²) in [7, 11) is 0. The molecule has 0 aliphatic carbocycles. The van der Waals surface area contributed by atoms with Gasteiger partial charge in [0.15, 0.2) is 0 Å². The Labute approximate surface area is 118 Å². The Morgan fingerprint density at radius 1 is 1.25 bits per heavy atom. The number of rotatable bonds is 7. The molecule has 0 amide bonds. The Hall–Kier alpha value is -2.23. The molecular formula is C15H18N4O. The number of benzene rings is 2. The van der Waals surface area contributed by atoms with E-state index in [0.29, 0.717) is 13.2 Å². The van der Waals surface area contributed by atoms with E-state index < -0.39 is 0 Å². The maximum Gasteiger partial charge on any atom is 0.127 e. The van der Waals surface area contributed by atoms with Crippen molar-refractivity contribution in [1.82, 2.24) is 5.32 Å². The Bertz CT molecular complexity index is 602. The fourth-order valence-corrected chi connectivity index (χ4v) is 2.11. The molecule has 0 aliphatic heterocycles. The van der Waals surface area contributed by atoms with Crippen LogP contribution in [0.3, 0.4) is 0 Å². The molecule has 0 saturated heterocycles. The third-order valence-electron chi connectivity index (χ3n) is 3.05. The van der Waals surface area contributed by atoms with Gasteiger partial charge in [-0.2, -0.15) is 0 Å². The average Bonchev–Trinajstić information content (AvgIpc) is 2.50. The molecule has 104 valence electrons. The minimum absolute atomic E-state index is 0.0230. The van der Waals surface area contributed by atoms with Gasteiger partial charge < -0.3 is 10.1 Å². The Morgan fingerprint density at radius 2 is 2.05 bits per heavy atom. The molecule has 0 spiro atoms. The molecule has 5 nitrogen and oxygen atoms in total. The Morgan fingerprint density at radius 3 is 2.85 bits per heavy atom. The first-order chi connectivity index (χ1) is 9.85. The molecule has 1 atom stereocenters. The summed E-state index contributed by atoms with van der Waals surface area (Å²) in [5.41, 5.74) is 8.40. The van der Waals surface area contributed by atoms with Crippen molar-refractivity contribution in [2.24, 2.45) is 5.11 Å². The third kappa shape index (κ3) is 3.63. The zero-order chi connectivity index (χ0) is 14.2. The second-order valence-corrected chi connectivity index (χ2v) is 4.46. The highest BCUT2D eigenvalue weighted by Crippen LogP contribution is 2.25. The number of nitrogens with zero attached hydrogens (tertiary/aromatic N) is 3. The van der Waals surface area contributed by atoms with Crippen LogP contribution in [0.4, 0.5) is 0 Å². The lowest BCUT2D eigenvalue weighted by Crippen LogP contribution is -2.36. The Kier molecular flexibility index (Phi) is 5.24. The number of hydrogen-bond acceptors (Lipinski definition) is 3. The summed E-state index contributed by atoms with van der Waals surface area (Å²) in [6, 6.07) is 14.1. The van der Waals surface area contributed by atoms with Crippen LogP contribution in [0.5, 0.6) is 5.75 Å². The summed E-state index contributed by atoms with van der Waals surface area (Å²) in [6.07, 6.45) is 0. The molecule has 0 radical (unpaired) electrons. The van der Waals surface area contributed by atoms with Gasteiger partial charge in [0.1, 0.15) is 12.4 Å². The van der Waals surface area contributed by atoms with Gasteiger partial charge in [-0.1, -0.05) is 48.4 Å². The molecule has 1 unspecified atom stereocenters. The molecular weight excluding hydrogens is 252 g/mol. The Balaban J connectivity index is 2.09. The van der Waals surface area contributed by atoms with E-state index in [-0.39, 0.29) is 6.04 Å². The van der Waals surface area contributed by atoms with Crippen molar-refractivity contribution >= 4 is 10.8 Å². The van der Waals surface area contributed by atoms with Crippen molar-refractivity contribution in [1.29, 1.82) is 0 Å². The molecule has 0 bridgehead atoms. The van der Waals surface area contributed by atoms with Gasteiger partial charge in [-0.05, 0) is 23.5 Å². The van der Waals surface area contributed by atoms with E-state index in [1.54, 1.807) is 0 Å². The summed E-state index contributed by atoms with van der Waals surface area (Å²) < 4.78 is 5.89. The fraction of sp³-hybridized carbons (Fsp3) is 0.333. The largest absolute Gasteiger partial charge is 0.491 e. The molecule has 2 aromatic rings. The van der Waals surface area contributed by atoms with Crippen molar-refractivity contribution in [3.63, 3.8) is 0 Å². The summed E-state index contributed by atoms with van der Waals surface area (Å²) in [5.74, 6) is 0.854. The first kappa shape index (κ1) is 14.2. The molecule has 0 fully saturated rings. The van der Waals surface area contributed by atoms with Crippen LogP contribution < -0.4 is 10.1 Å². The van der Waals surface area contributed by atoms with Gasteiger partial charge in [0.2, 0.25) is 0 Å². The van der Waals surface area contributed by atoms with Gasteiger partial charge in [0.25, 0.3) is 0 Å². The predicted molar refractivity (Wildman–Crippen MR) is 80.9 cm³/mol. The molecule has 0 aromatic heterocycles. The van der Waals surface area contributed by atoms with Gasteiger partial charge in [-0.3, -0.25) is 0 Å². The minimum Gasteiger partial charge on any atom is -0.491 e. The topological polar surface area (TPSA) is 70.0 Å². The van der Waals surface area contributed by atoms with Crippen molar-refractivity contribution in [2.75, 3.05) is 19.7 Å². The number of hydrogen-bond donors (Lipinski definition) is 1. The molecule has 0 saturated carbocycles. The van der Waals surface area contributed by atoms with Crippen LogP contribution in [0.2, 0.25) is 0 Å². The summed E-state index contributed by atoms with van der Waals surface area (Å²) in [5, 5.41) is 9.09. The predicted octanol–water partition coefficient (Wildman–Crippen LogP) is 3.51. The molecule has 20 heavy (non-hydrogen) atoms. The van der Waals surface area contributed by atoms with Crippen LogP contribution in [0.1, 0.15) is 6.92 Å². The lowest BCUT2D eigenvalue weighted by Gasteiger charge is -2.17. The van der Waals surface area contributed by atoms with E-state index in [1.807, 2.05) is 37.3 Å². The molecule has 5 heteroatoms. The zero-order valence-corrected chi connectivity index (χ0v) is 11.5. The summed E-state index contributed by atoms with van der Waals surface area (Å²) >= 11 is 0. The monoisotopic (exact) mass is 270 g/mol. The second-order valence-electron chi connectivity index (χ2n) is 4.46. The smallest absolute Gasteiger partial charge is 0.127 e. The quantitative estimate of drug-likeness (QED) is 0.475. The van der Waals surface area contributed by atoms with Gasteiger partial charge in [0.05, 0.1) is 0 Å². The van der Waals surface area contributed by atoms with Gasteiger partial charge in [0, 0.05) is 22.9 Å². The number of azide groups is 1. The molecule has 2 rings (SSSR count). The summed E-state index contributed by atoms with van der Waals surface area (Å²) in [6.45, 7) is 3.68. The average molecular weight is 270 g/mol. The maximum absolute atomic E-state index is 8.40. The first-order valence-electron chi connectivity index (χ1n) is 6.70. The molecule has 1 N–H and O–H groups in total. The van der Waals surface area contributed by atoms with Crippen LogP contribution in [0, 0.1) is 0 Å². The second kappa shape index (κ2) is 7.38. The van der Waals surface area contributed by atoms with E-state index in [9.17, 15) is 0 Å². The van der Waals surface area contributed by atoms with Crippen LogP contribution in [0.25, 0.3) is 21.2 Å². The minimum atomic E-state index is 0.0230. The normalized spacial score (nSPS) is 11.8. The van der Waals surface area contributed by atoms with E-state index >= 15 is 0 Å². The van der Waals surface area contributed by atoms with E-state index in [4.69, 9.17) is 10.3 Å². The number of ether oxygens (including phenoxy) is 1. The van der Waals surface area contributed by atoms with Gasteiger partial charge in [-0.15, -0.1) is 0 Å². The van der Waals surface area contributed by atoms with E-state index in [2.05, 4.69) is 27.5 Å². The van der Waals surface area contributed by atoms with Crippen molar-refractivity contribution < 1.29 is 4.74 Å². The number of fused-ring (bicyclic) bond motifs is 1. The SMILES string of the molecule is CCNC(CN=[N+]=[N-])COc1cccc2ccccc12. The van der Waals surface area contributed by atoms with Crippen LogP contribution in [0.15, 0.2) is 47.6 Å². The van der Waals surface area contributed by atoms with E-state index in [0.717, 1.165) is 23.1 Å². The van der Waals surface area contributed by atoms with Gasteiger partial charge >= 0.3 is 0 Å². The van der Waals surface area contributed by atoms with Gasteiger partial charge in [-0.25, -0.2) is 0 Å². The standard InChI is InChI=1S/C15H18N4O/c1-2-17-13(10-18-19-16)11-20-15-9-5-7-12-6-3-4-8-14(12)15/h3-9,13,17H,2,10-11H2,1H3. The number of nitrogens with one attached hydrogen (secondary N) is 1. The zero-order valence-electron chi connectivity index (χ0n) is 11.5. The van der Waals surface area contributed by atoms with Crippen LogP contribution in [-0.2, 0) is 0 Å². The first-order valence-corrected chi connectivity index (χ1v) is 6.70. The maximum atomic E-state index is 8.40. The van der Waals surface area contributed by atoms with Crippen molar-refractivity contribution in [2.45, 2.75) is 13.0 Å². The lowest BCUT2D eigenvalue weighted by molar-refractivity contribution is 0.271. The van der Waals surface area contributed by atoms with Crippen LogP contribution in [-0.4, -0.2) is 25.7 Å². The van der Waals surface area contributed by atoms with Crippen molar-refractivity contribution in [3.8, 4) is 5.75 Å². The molecule has 0 aliphatic rings. The highest BCUT2D eigenvalue weighted by molar-refractivity contribution is 5.88. The van der Waals surface area contributed by atoms with Crippen LogP contribution >= 0.6 is 0 Å². The summed E-state index contributed by atoms with van der Waals surface area (Å²) in [4.78, 5) is 2.79. The number of likely N-dealkylation sites (N-methyl/N-ethyl adjacent to an activating group) is 1. The fourth-order valence-electron chi connectivity index (χ4n) is 2.11. The van der Waals surface area contributed by atoms with E-state index in [1.165, 1.54) is 0 Å². The lowest BCUT2D eigenvalue weighted by atomic mass is 10.1. The van der Waals surface area contributed by atoms with Crippen molar-refractivity contribution in [3.05, 3.63) is 52.9 Å². The highest BCUT2D eigenvalue weighted by atomic mass is 16.5. The highest BCUT2D eigenvalue weighted by Gasteiger charge is 2.08.